The van der Waals surface area contributed by atoms with Gasteiger partial charge in [0.15, 0.2) is 11.5 Å². The van der Waals surface area contributed by atoms with Crippen molar-refractivity contribution in [2.45, 2.75) is 52.6 Å². The standard InChI is InChI=1S/C21H28ClN7O2/c1-10(2)16-18-17(28-27-16)19(25-13-6-7-14(20(30)31)15(22)8-13)26-21(24-9-12(5)23)29(18)11(3)4/h6-8,10-12,25H,9,23H2,1-5H3,(H,24,26)(H,30,31). The topological polar surface area (TPSA) is 131 Å². The second-order valence-corrected chi connectivity index (χ2v) is 8.58. The number of nitrogens with zero attached hydrogens (tertiary/aromatic N) is 4. The monoisotopic (exact) mass is 445 g/mol. The quantitative estimate of drug-likeness (QED) is 0.402. The van der Waals surface area contributed by atoms with Gasteiger partial charge >= 0.3 is 5.97 Å². The second kappa shape index (κ2) is 9.07. The highest BCUT2D eigenvalue weighted by Crippen LogP contribution is 2.38. The summed E-state index contributed by atoms with van der Waals surface area (Å²) in [5, 5.41) is 24.7. The lowest BCUT2D eigenvalue weighted by molar-refractivity contribution is 0.0697. The second-order valence-electron chi connectivity index (χ2n) is 8.17. The van der Waals surface area contributed by atoms with Gasteiger partial charge in [-0.3, -0.25) is 0 Å². The molecular formula is C21H28ClN7O2. The molecule has 1 unspecified atom stereocenters. The number of nitrogens with two attached hydrogens (primary N) is 1. The smallest absolute Gasteiger partial charge is 0.337 e. The molecule has 0 bridgehead atoms. The summed E-state index contributed by atoms with van der Waals surface area (Å²) in [6, 6.07) is 4.69. The Morgan fingerprint density at radius 1 is 1.23 bits per heavy atom. The molecule has 1 aromatic carbocycles. The number of aromatic carboxylic acids is 1. The van der Waals surface area contributed by atoms with Crippen LogP contribution in [0.1, 0.15) is 62.6 Å². The van der Waals surface area contributed by atoms with E-state index >= 15 is 0 Å². The zero-order valence-corrected chi connectivity index (χ0v) is 19.0. The van der Waals surface area contributed by atoms with E-state index in [0.717, 1.165) is 11.4 Å². The molecule has 0 aliphatic carbocycles. The minimum Gasteiger partial charge on any atom is -0.478 e. The van der Waals surface area contributed by atoms with E-state index in [1.807, 2.05) is 6.92 Å². The van der Waals surface area contributed by atoms with Crippen molar-refractivity contribution >= 4 is 35.0 Å². The van der Waals surface area contributed by atoms with Gasteiger partial charge in [0.2, 0.25) is 5.95 Å². The number of aromatic nitrogens is 4. The number of rotatable bonds is 8. The first kappa shape index (κ1) is 22.8. The summed E-state index contributed by atoms with van der Waals surface area (Å²) in [6.45, 7) is 10.8. The summed E-state index contributed by atoms with van der Waals surface area (Å²) in [6.07, 6.45) is 0. The highest BCUT2D eigenvalue weighted by molar-refractivity contribution is 6.33. The normalized spacial score (nSPS) is 12.5. The Labute approximate surface area is 186 Å². The molecule has 2 heterocycles. The number of carboxylic acids is 1. The molecular weight excluding hydrogens is 418 g/mol. The van der Waals surface area contributed by atoms with Crippen LogP contribution in [0.15, 0.2) is 18.2 Å². The van der Waals surface area contributed by atoms with E-state index in [1.54, 1.807) is 12.1 Å². The fourth-order valence-electron chi connectivity index (χ4n) is 3.29. The lowest BCUT2D eigenvalue weighted by Crippen LogP contribution is -2.28. The molecule has 0 amide bonds. The van der Waals surface area contributed by atoms with E-state index < -0.39 is 5.97 Å². The van der Waals surface area contributed by atoms with Crippen LogP contribution in [0, 0.1) is 0 Å². The average molecular weight is 446 g/mol. The third kappa shape index (κ3) is 4.72. The number of benzene rings is 1. The molecule has 0 aromatic heterocycles. The maximum Gasteiger partial charge on any atom is 0.337 e. The van der Waals surface area contributed by atoms with Crippen LogP contribution < -0.4 is 16.4 Å². The summed E-state index contributed by atoms with van der Waals surface area (Å²) in [5.41, 5.74) is 8.97. The van der Waals surface area contributed by atoms with Crippen molar-refractivity contribution in [1.29, 1.82) is 0 Å². The SMILES string of the molecule is CC(N)CNc1nc(Nc2ccc(C(=O)O)c(Cl)c2)c2nnc(C(C)C)c-2n1C(C)C. The number of nitrogens with one attached hydrogen (secondary N) is 2. The van der Waals surface area contributed by atoms with E-state index in [4.69, 9.17) is 22.3 Å². The molecule has 1 aromatic rings. The molecule has 2 aliphatic rings. The van der Waals surface area contributed by atoms with E-state index in [-0.39, 0.29) is 28.6 Å². The maximum atomic E-state index is 11.2. The number of fused-ring (bicyclic) bond motifs is 1. The molecule has 0 spiro atoms. The van der Waals surface area contributed by atoms with Gasteiger partial charge in [-0.15, -0.1) is 5.10 Å². The van der Waals surface area contributed by atoms with Gasteiger partial charge in [-0.25, -0.2) is 4.79 Å². The van der Waals surface area contributed by atoms with Crippen LogP contribution in [0.4, 0.5) is 17.5 Å². The van der Waals surface area contributed by atoms with Crippen molar-refractivity contribution < 1.29 is 9.90 Å². The van der Waals surface area contributed by atoms with Crippen molar-refractivity contribution in [3.05, 3.63) is 34.5 Å². The number of hydrogen-bond acceptors (Lipinski definition) is 7. The van der Waals surface area contributed by atoms with Crippen LogP contribution in [-0.4, -0.2) is 43.4 Å². The molecule has 0 radical (unpaired) electrons. The van der Waals surface area contributed by atoms with E-state index in [0.29, 0.717) is 29.7 Å². The Morgan fingerprint density at radius 3 is 2.48 bits per heavy atom. The van der Waals surface area contributed by atoms with Gasteiger partial charge in [0.25, 0.3) is 0 Å². The van der Waals surface area contributed by atoms with Crippen molar-refractivity contribution in [2.24, 2.45) is 5.73 Å². The molecule has 2 aliphatic heterocycles. The number of anilines is 3. The minimum absolute atomic E-state index is 0.0329. The predicted octanol–water partition coefficient (Wildman–Crippen LogP) is 4.34. The van der Waals surface area contributed by atoms with Crippen LogP contribution in [0.25, 0.3) is 11.4 Å². The van der Waals surface area contributed by atoms with Gasteiger partial charge in [-0.1, -0.05) is 25.4 Å². The Kier molecular flexibility index (Phi) is 6.66. The molecule has 5 N–H and O–H groups in total. The molecule has 10 heteroatoms. The molecule has 3 rings (SSSR count). The fourth-order valence-corrected chi connectivity index (χ4v) is 3.56. The number of carbonyl (C=O) groups is 1. The zero-order valence-electron chi connectivity index (χ0n) is 18.3. The fraction of sp³-hybridized carbons (Fsp3) is 0.429. The third-order valence-corrected chi connectivity index (χ3v) is 5.06. The highest BCUT2D eigenvalue weighted by Gasteiger charge is 2.28. The number of carboxylic acid groups (broad SMARTS) is 1. The molecule has 9 nitrogen and oxygen atoms in total. The molecule has 0 fully saturated rings. The van der Waals surface area contributed by atoms with Crippen LogP contribution in [-0.2, 0) is 0 Å². The van der Waals surface area contributed by atoms with Crippen LogP contribution in [0.5, 0.6) is 0 Å². The van der Waals surface area contributed by atoms with Crippen molar-refractivity contribution in [1.82, 2.24) is 19.7 Å². The Hall–Kier alpha value is -2.91. The number of halogens is 1. The highest BCUT2D eigenvalue weighted by atomic mass is 35.5. The van der Waals surface area contributed by atoms with E-state index in [1.165, 1.54) is 6.07 Å². The predicted molar refractivity (Wildman–Crippen MR) is 123 cm³/mol. The van der Waals surface area contributed by atoms with Gasteiger partial charge in [-0.2, -0.15) is 10.1 Å². The summed E-state index contributed by atoms with van der Waals surface area (Å²) < 4.78 is 2.08. The van der Waals surface area contributed by atoms with Crippen LogP contribution in [0.3, 0.4) is 0 Å². The molecule has 166 valence electrons. The molecule has 1 atom stereocenters. The van der Waals surface area contributed by atoms with Crippen LogP contribution in [0.2, 0.25) is 5.02 Å². The Balaban J connectivity index is 2.14. The lowest BCUT2D eigenvalue weighted by Gasteiger charge is -2.25. The van der Waals surface area contributed by atoms with Crippen molar-refractivity contribution in [3.8, 4) is 11.4 Å². The summed E-state index contributed by atoms with van der Waals surface area (Å²) >= 11 is 6.14. The molecule has 31 heavy (non-hydrogen) atoms. The molecule has 0 saturated heterocycles. The van der Waals surface area contributed by atoms with Crippen molar-refractivity contribution in [3.63, 3.8) is 0 Å². The van der Waals surface area contributed by atoms with Gasteiger partial charge in [-0.05, 0) is 44.9 Å². The lowest BCUT2D eigenvalue weighted by atomic mass is 10.1. The van der Waals surface area contributed by atoms with E-state index in [9.17, 15) is 9.90 Å². The average Bonchev–Trinajstić information content (AvgIpc) is 3.11. The van der Waals surface area contributed by atoms with E-state index in [2.05, 4.69) is 53.1 Å². The third-order valence-electron chi connectivity index (χ3n) is 4.74. The summed E-state index contributed by atoms with van der Waals surface area (Å²) in [5.74, 6) is 0.223. The van der Waals surface area contributed by atoms with Gasteiger partial charge in [0.1, 0.15) is 0 Å². The van der Waals surface area contributed by atoms with Gasteiger partial charge in [0, 0.05) is 24.3 Å². The first-order valence-electron chi connectivity index (χ1n) is 10.2. The van der Waals surface area contributed by atoms with Crippen LogP contribution >= 0.6 is 11.6 Å². The largest absolute Gasteiger partial charge is 0.478 e. The van der Waals surface area contributed by atoms with Crippen molar-refractivity contribution in [2.75, 3.05) is 17.2 Å². The Bertz CT molecular complexity index is 1060. The molecule has 0 saturated carbocycles. The summed E-state index contributed by atoms with van der Waals surface area (Å²) in [4.78, 5) is 16.0. The van der Waals surface area contributed by atoms with Gasteiger partial charge < -0.3 is 26.0 Å². The number of hydrogen-bond donors (Lipinski definition) is 4. The zero-order chi connectivity index (χ0) is 22.9. The van der Waals surface area contributed by atoms with Gasteiger partial charge in [0.05, 0.1) is 22.0 Å². The first-order valence-corrected chi connectivity index (χ1v) is 10.6. The first-order chi connectivity index (χ1) is 14.6. The maximum absolute atomic E-state index is 11.2. The Morgan fingerprint density at radius 2 is 1.94 bits per heavy atom. The minimum atomic E-state index is -1.08. The summed E-state index contributed by atoms with van der Waals surface area (Å²) in [7, 11) is 0.